The van der Waals surface area contributed by atoms with E-state index < -0.39 is 4.92 Å². The molecule has 6 heteroatoms. The first-order valence-electron chi connectivity index (χ1n) is 5.02. The van der Waals surface area contributed by atoms with E-state index in [0.29, 0.717) is 4.88 Å². The Morgan fingerprint density at radius 2 is 2.29 bits per heavy atom. The van der Waals surface area contributed by atoms with Crippen molar-refractivity contribution in [3.8, 4) is 6.07 Å². The number of allylic oxidation sites excluding steroid dienone is 1. The summed E-state index contributed by atoms with van der Waals surface area (Å²) in [6.45, 7) is 0. The molecule has 0 saturated heterocycles. The first-order valence-corrected chi connectivity index (χ1v) is 5.83. The fraction of sp³-hybridized carbons (Fsp3) is 0.273. The average Bonchev–Trinajstić information content (AvgIpc) is 3.04. The number of ketones is 1. The van der Waals surface area contributed by atoms with Crippen LogP contribution in [-0.4, -0.2) is 10.7 Å². The van der Waals surface area contributed by atoms with Gasteiger partial charge in [-0.3, -0.25) is 14.9 Å². The Hall–Kier alpha value is -2.00. The van der Waals surface area contributed by atoms with Crippen molar-refractivity contribution in [3.63, 3.8) is 0 Å². The smallest absolute Gasteiger partial charge is 0.293 e. The molecule has 1 saturated carbocycles. The summed E-state index contributed by atoms with van der Waals surface area (Å²) in [7, 11) is 0. The van der Waals surface area contributed by atoms with Crippen LogP contribution in [0.2, 0.25) is 0 Å². The normalized spacial score (nSPS) is 15.4. The van der Waals surface area contributed by atoms with Crippen LogP contribution in [0.5, 0.6) is 0 Å². The van der Waals surface area contributed by atoms with Crippen molar-refractivity contribution in [1.82, 2.24) is 0 Å². The summed E-state index contributed by atoms with van der Waals surface area (Å²) in [5.41, 5.74) is 0.0873. The Kier molecular flexibility index (Phi) is 3.02. The van der Waals surface area contributed by atoms with E-state index in [4.69, 9.17) is 5.26 Å². The van der Waals surface area contributed by atoms with Gasteiger partial charge in [0, 0.05) is 16.9 Å². The van der Waals surface area contributed by atoms with Gasteiger partial charge in [0.1, 0.15) is 6.07 Å². The van der Waals surface area contributed by atoms with Crippen LogP contribution in [-0.2, 0) is 4.79 Å². The lowest BCUT2D eigenvalue weighted by Crippen LogP contribution is -2.02. The molecular weight excluding hydrogens is 240 g/mol. The fourth-order valence-electron chi connectivity index (χ4n) is 1.38. The molecule has 0 bridgehead atoms. The summed E-state index contributed by atoms with van der Waals surface area (Å²) in [6, 6.07) is 4.77. The van der Waals surface area contributed by atoms with Crippen molar-refractivity contribution in [2.45, 2.75) is 12.8 Å². The van der Waals surface area contributed by atoms with E-state index >= 15 is 0 Å². The highest BCUT2D eigenvalue weighted by Crippen LogP contribution is 2.33. The van der Waals surface area contributed by atoms with Crippen LogP contribution in [0.25, 0.3) is 6.08 Å². The van der Waals surface area contributed by atoms with Crippen molar-refractivity contribution in [3.05, 3.63) is 32.7 Å². The van der Waals surface area contributed by atoms with E-state index in [-0.39, 0.29) is 22.3 Å². The Bertz CT molecular complexity index is 549. The molecule has 0 unspecified atom stereocenters. The molecule has 1 heterocycles. The number of rotatable bonds is 4. The number of Topliss-reactive ketones (excluding diaryl/α,β-unsaturated/α-hetero) is 1. The summed E-state index contributed by atoms with van der Waals surface area (Å²) in [5.74, 6) is -0.167. The number of nitrogens with zero attached hydrogens (tertiary/aromatic N) is 2. The number of nitriles is 1. The molecule has 0 radical (unpaired) electrons. The first kappa shape index (κ1) is 11.5. The highest BCUT2D eigenvalue weighted by atomic mass is 32.1. The average molecular weight is 248 g/mol. The maximum atomic E-state index is 11.7. The topological polar surface area (TPSA) is 84.0 Å². The molecule has 0 aromatic carbocycles. The van der Waals surface area contributed by atoms with Crippen LogP contribution in [0.1, 0.15) is 17.7 Å². The largest absolute Gasteiger partial charge is 0.324 e. The molecule has 0 spiro atoms. The molecule has 0 aliphatic heterocycles. The summed E-state index contributed by atoms with van der Waals surface area (Å²) < 4.78 is 0. The summed E-state index contributed by atoms with van der Waals surface area (Å²) >= 11 is 0.955. The third-order valence-corrected chi connectivity index (χ3v) is 3.40. The summed E-state index contributed by atoms with van der Waals surface area (Å²) in [5, 5.41) is 19.4. The molecule has 1 aliphatic carbocycles. The Morgan fingerprint density at radius 1 is 1.59 bits per heavy atom. The molecule has 17 heavy (non-hydrogen) atoms. The van der Waals surface area contributed by atoms with Gasteiger partial charge in [-0.05, 0) is 25.0 Å². The maximum absolute atomic E-state index is 11.7. The number of nitro groups is 1. The van der Waals surface area contributed by atoms with Crippen molar-refractivity contribution >= 4 is 28.2 Å². The van der Waals surface area contributed by atoms with Gasteiger partial charge < -0.3 is 0 Å². The fourth-order valence-corrected chi connectivity index (χ4v) is 2.15. The standard InChI is InChI=1S/C11H8N2O3S/c12-6-8(11(14)7-1-2-7)5-9-3-4-10(17-9)13(15)16/h3-5,7H,1-2H2/b8-5+. The molecule has 2 rings (SSSR count). The van der Waals surface area contributed by atoms with Crippen LogP contribution in [0.15, 0.2) is 17.7 Å². The van der Waals surface area contributed by atoms with E-state index in [2.05, 4.69) is 0 Å². The van der Waals surface area contributed by atoms with Gasteiger partial charge in [0.15, 0.2) is 5.78 Å². The number of carbonyl (C=O) groups excluding carboxylic acids is 1. The second-order valence-corrected chi connectivity index (χ2v) is 4.84. The van der Waals surface area contributed by atoms with Gasteiger partial charge >= 0.3 is 5.00 Å². The Labute approximate surface area is 101 Å². The van der Waals surface area contributed by atoms with Gasteiger partial charge in [-0.25, -0.2) is 0 Å². The van der Waals surface area contributed by atoms with Gasteiger partial charge in [0.05, 0.1) is 10.5 Å². The van der Waals surface area contributed by atoms with Crippen LogP contribution < -0.4 is 0 Å². The minimum atomic E-state index is -0.489. The Morgan fingerprint density at radius 3 is 2.76 bits per heavy atom. The molecule has 1 aliphatic rings. The highest BCUT2D eigenvalue weighted by molar-refractivity contribution is 7.16. The van der Waals surface area contributed by atoms with E-state index in [1.807, 2.05) is 6.07 Å². The van der Waals surface area contributed by atoms with Crippen LogP contribution in [0.3, 0.4) is 0 Å². The lowest BCUT2D eigenvalue weighted by atomic mass is 10.1. The third kappa shape index (κ3) is 2.57. The lowest BCUT2D eigenvalue weighted by molar-refractivity contribution is -0.380. The van der Waals surface area contributed by atoms with Crippen molar-refractivity contribution in [2.24, 2.45) is 5.92 Å². The van der Waals surface area contributed by atoms with Crippen molar-refractivity contribution in [1.29, 1.82) is 5.26 Å². The molecule has 0 atom stereocenters. The van der Waals surface area contributed by atoms with E-state index in [1.54, 1.807) is 6.07 Å². The molecular formula is C11H8N2O3S. The summed E-state index contributed by atoms with van der Waals surface area (Å²) in [6.07, 6.45) is 3.10. The predicted molar refractivity (Wildman–Crippen MR) is 62.3 cm³/mol. The Balaban J connectivity index is 2.23. The zero-order valence-electron chi connectivity index (χ0n) is 8.75. The van der Waals surface area contributed by atoms with Crippen molar-refractivity contribution in [2.75, 3.05) is 0 Å². The number of hydrogen-bond donors (Lipinski definition) is 0. The second kappa shape index (κ2) is 4.47. The third-order valence-electron chi connectivity index (χ3n) is 2.41. The second-order valence-electron chi connectivity index (χ2n) is 3.74. The molecule has 86 valence electrons. The molecule has 5 nitrogen and oxygen atoms in total. The monoisotopic (exact) mass is 248 g/mol. The van der Waals surface area contributed by atoms with Gasteiger partial charge in [0.25, 0.3) is 0 Å². The van der Waals surface area contributed by atoms with E-state index in [0.717, 1.165) is 24.2 Å². The zero-order chi connectivity index (χ0) is 12.4. The van der Waals surface area contributed by atoms with Gasteiger partial charge in [-0.2, -0.15) is 5.26 Å². The van der Waals surface area contributed by atoms with Gasteiger partial charge in [0.2, 0.25) is 0 Å². The minimum Gasteiger partial charge on any atom is -0.293 e. The summed E-state index contributed by atoms with van der Waals surface area (Å²) in [4.78, 5) is 22.2. The molecule has 1 fully saturated rings. The van der Waals surface area contributed by atoms with Crippen LogP contribution in [0.4, 0.5) is 5.00 Å². The minimum absolute atomic E-state index is 0.00686. The molecule has 1 aromatic rings. The van der Waals surface area contributed by atoms with E-state index in [9.17, 15) is 14.9 Å². The predicted octanol–water partition coefficient (Wildman–Crippen LogP) is 2.54. The molecule has 1 aromatic heterocycles. The van der Waals surface area contributed by atoms with Gasteiger partial charge in [-0.1, -0.05) is 11.3 Å². The lowest BCUT2D eigenvalue weighted by Gasteiger charge is -1.93. The van der Waals surface area contributed by atoms with Gasteiger partial charge in [-0.15, -0.1) is 0 Å². The van der Waals surface area contributed by atoms with Crippen LogP contribution in [0, 0.1) is 27.4 Å². The molecule has 0 N–H and O–H groups in total. The quantitative estimate of drug-likeness (QED) is 0.354. The van der Waals surface area contributed by atoms with Crippen molar-refractivity contribution < 1.29 is 9.72 Å². The zero-order valence-corrected chi connectivity index (χ0v) is 9.57. The first-order chi connectivity index (χ1) is 8.11. The maximum Gasteiger partial charge on any atom is 0.324 e. The number of thiophene rings is 1. The van der Waals surface area contributed by atoms with Crippen LogP contribution >= 0.6 is 11.3 Å². The highest BCUT2D eigenvalue weighted by Gasteiger charge is 2.31. The molecule has 0 amide bonds. The SMILES string of the molecule is N#C/C(=C\c1ccc([N+](=O)[O-])s1)C(=O)C1CC1. The number of hydrogen-bond acceptors (Lipinski definition) is 5. The van der Waals surface area contributed by atoms with E-state index in [1.165, 1.54) is 12.1 Å². The number of carbonyl (C=O) groups is 1.